The molecule has 0 unspecified atom stereocenters. The molecule has 0 saturated carbocycles. The Morgan fingerprint density at radius 2 is 2.00 bits per heavy atom. The van der Waals surface area contributed by atoms with Gasteiger partial charge in [0.15, 0.2) is 11.6 Å². The maximum Gasteiger partial charge on any atom is 0.573 e. The number of nitrogens with two attached hydrogens (primary N) is 1. The fraction of sp³-hybridized carbons (Fsp3) is 0.167. The average molecular weight is 300 g/mol. The van der Waals surface area contributed by atoms with Gasteiger partial charge >= 0.3 is 6.36 Å². The smallest absolute Gasteiger partial charge is 0.490 e. The number of hydrogen-bond donors (Lipinski definition) is 2. The molecular weight excluding hydrogens is 289 g/mol. The van der Waals surface area contributed by atoms with Crippen LogP contribution in [0.3, 0.4) is 0 Å². The molecule has 0 aliphatic carbocycles. The van der Waals surface area contributed by atoms with E-state index in [0.717, 1.165) is 0 Å². The van der Waals surface area contributed by atoms with Gasteiger partial charge in [-0.15, -0.1) is 13.2 Å². The van der Waals surface area contributed by atoms with E-state index >= 15 is 0 Å². The Morgan fingerprint density at radius 1 is 1.24 bits per heavy atom. The molecule has 112 valence electrons. The lowest BCUT2D eigenvalue weighted by Gasteiger charge is -2.13. The van der Waals surface area contributed by atoms with Crippen LogP contribution in [0.25, 0.3) is 0 Å². The Labute approximate surface area is 117 Å². The number of rotatable bonds is 4. The van der Waals surface area contributed by atoms with Gasteiger partial charge in [0.1, 0.15) is 12.1 Å². The van der Waals surface area contributed by atoms with E-state index in [0.29, 0.717) is 5.69 Å². The SMILES string of the molecule is COc1c(N)ncnc1Nc1cccc(OC(F)(F)F)c1. The minimum Gasteiger partial charge on any atom is -0.490 e. The van der Waals surface area contributed by atoms with Crippen LogP contribution in [0.15, 0.2) is 30.6 Å². The molecule has 0 atom stereocenters. The highest BCUT2D eigenvalue weighted by Crippen LogP contribution is 2.31. The van der Waals surface area contributed by atoms with Gasteiger partial charge in [0.05, 0.1) is 7.11 Å². The van der Waals surface area contributed by atoms with Crippen molar-refractivity contribution in [2.45, 2.75) is 6.36 Å². The molecule has 3 N–H and O–H groups in total. The fourth-order valence-electron chi connectivity index (χ4n) is 1.59. The van der Waals surface area contributed by atoms with Crippen LogP contribution < -0.4 is 20.5 Å². The lowest BCUT2D eigenvalue weighted by atomic mass is 10.3. The number of halogens is 3. The van der Waals surface area contributed by atoms with Gasteiger partial charge in [-0.05, 0) is 12.1 Å². The fourth-order valence-corrected chi connectivity index (χ4v) is 1.59. The number of hydrogen-bond acceptors (Lipinski definition) is 6. The van der Waals surface area contributed by atoms with E-state index in [2.05, 4.69) is 20.0 Å². The lowest BCUT2D eigenvalue weighted by Crippen LogP contribution is -2.17. The summed E-state index contributed by atoms with van der Waals surface area (Å²) >= 11 is 0. The van der Waals surface area contributed by atoms with E-state index in [1.807, 2.05) is 0 Å². The predicted molar refractivity (Wildman–Crippen MR) is 69.4 cm³/mol. The highest BCUT2D eigenvalue weighted by molar-refractivity contribution is 5.68. The maximum atomic E-state index is 12.2. The number of methoxy groups -OCH3 is 1. The molecule has 0 amide bonds. The van der Waals surface area contributed by atoms with Crippen molar-refractivity contribution in [3.05, 3.63) is 30.6 Å². The van der Waals surface area contributed by atoms with E-state index in [4.69, 9.17) is 10.5 Å². The first-order valence-electron chi connectivity index (χ1n) is 5.66. The summed E-state index contributed by atoms with van der Waals surface area (Å²) in [5.41, 5.74) is 5.94. The van der Waals surface area contributed by atoms with Crippen molar-refractivity contribution < 1.29 is 22.6 Å². The topological polar surface area (TPSA) is 82.3 Å². The van der Waals surface area contributed by atoms with Crippen molar-refractivity contribution in [1.29, 1.82) is 0 Å². The molecule has 0 bridgehead atoms. The first-order chi connectivity index (χ1) is 9.89. The highest BCUT2D eigenvalue weighted by atomic mass is 19.4. The maximum absolute atomic E-state index is 12.2. The second kappa shape index (κ2) is 5.73. The minimum absolute atomic E-state index is 0.109. The summed E-state index contributed by atoms with van der Waals surface area (Å²) in [6, 6.07) is 5.30. The third-order valence-electron chi connectivity index (χ3n) is 2.37. The molecule has 6 nitrogen and oxygen atoms in total. The van der Waals surface area contributed by atoms with Crippen LogP contribution in [0.1, 0.15) is 0 Å². The molecule has 1 aromatic carbocycles. The molecule has 2 rings (SSSR count). The number of alkyl halides is 3. The molecular formula is C12H11F3N4O2. The van der Waals surface area contributed by atoms with Gasteiger partial charge in [-0.1, -0.05) is 6.07 Å². The standard InChI is InChI=1S/C12H11F3N4O2/c1-20-9-10(16)17-6-18-11(9)19-7-3-2-4-8(5-7)21-12(13,14)15/h2-6H,1H3,(H3,16,17,18,19). The van der Waals surface area contributed by atoms with E-state index < -0.39 is 6.36 Å². The summed E-state index contributed by atoms with van der Waals surface area (Å²) in [5, 5.41) is 2.79. The van der Waals surface area contributed by atoms with Crippen molar-refractivity contribution in [1.82, 2.24) is 9.97 Å². The largest absolute Gasteiger partial charge is 0.573 e. The van der Waals surface area contributed by atoms with E-state index in [1.165, 1.54) is 31.6 Å². The Kier molecular flexibility index (Phi) is 4.01. The average Bonchev–Trinajstić information content (AvgIpc) is 2.37. The van der Waals surface area contributed by atoms with Gasteiger partial charge < -0.3 is 20.5 Å². The highest BCUT2D eigenvalue weighted by Gasteiger charge is 2.31. The van der Waals surface area contributed by atoms with Crippen molar-refractivity contribution >= 4 is 17.3 Å². The molecule has 0 aliphatic heterocycles. The van der Waals surface area contributed by atoms with Crippen LogP contribution in [-0.2, 0) is 0 Å². The van der Waals surface area contributed by atoms with Crippen LogP contribution in [0.5, 0.6) is 11.5 Å². The van der Waals surface area contributed by atoms with Crippen LogP contribution >= 0.6 is 0 Å². The van der Waals surface area contributed by atoms with Crippen molar-refractivity contribution in [3.8, 4) is 11.5 Å². The van der Waals surface area contributed by atoms with Gasteiger partial charge in [0.2, 0.25) is 5.75 Å². The Balaban J connectivity index is 2.24. The summed E-state index contributed by atoms with van der Waals surface area (Å²) in [5.74, 6) is 0.181. The summed E-state index contributed by atoms with van der Waals surface area (Å²) in [4.78, 5) is 7.67. The zero-order valence-corrected chi connectivity index (χ0v) is 10.8. The molecule has 1 heterocycles. The number of anilines is 3. The zero-order valence-electron chi connectivity index (χ0n) is 10.8. The number of nitrogens with one attached hydrogen (secondary N) is 1. The second-order valence-corrected chi connectivity index (χ2v) is 3.84. The summed E-state index contributed by atoms with van der Waals surface area (Å²) in [6.45, 7) is 0. The third kappa shape index (κ3) is 3.88. The number of ether oxygens (including phenoxy) is 2. The van der Waals surface area contributed by atoms with E-state index in [1.54, 1.807) is 6.07 Å². The van der Waals surface area contributed by atoms with Gasteiger partial charge in [-0.25, -0.2) is 9.97 Å². The molecule has 1 aromatic heterocycles. The number of aromatic nitrogens is 2. The van der Waals surface area contributed by atoms with Crippen LogP contribution in [0, 0.1) is 0 Å². The van der Waals surface area contributed by atoms with Crippen LogP contribution in [0.4, 0.5) is 30.5 Å². The monoisotopic (exact) mass is 300 g/mol. The third-order valence-corrected chi connectivity index (χ3v) is 2.37. The van der Waals surface area contributed by atoms with Gasteiger partial charge in [0.25, 0.3) is 0 Å². The van der Waals surface area contributed by atoms with Gasteiger partial charge in [-0.2, -0.15) is 0 Å². The summed E-state index contributed by atoms with van der Waals surface area (Å²) in [7, 11) is 1.38. The zero-order chi connectivity index (χ0) is 15.5. The minimum atomic E-state index is -4.75. The Morgan fingerprint density at radius 3 is 2.67 bits per heavy atom. The first kappa shape index (κ1) is 14.7. The van der Waals surface area contributed by atoms with Gasteiger partial charge in [-0.3, -0.25) is 0 Å². The second-order valence-electron chi connectivity index (χ2n) is 3.84. The molecule has 0 fully saturated rings. The number of benzene rings is 1. The lowest BCUT2D eigenvalue weighted by molar-refractivity contribution is -0.274. The predicted octanol–water partition coefficient (Wildman–Crippen LogP) is 2.71. The molecule has 21 heavy (non-hydrogen) atoms. The molecule has 0 saturated heterocycles. The van der Waals surface area contributed by atoms with Gasteiger partial charge in [0, 0.05) is 11.8 Å². The Bertz CT molecular complexity index is 634. The van der Waals surface area contributed by atoms with Crippen molar-refractivity contribution in [2.75, 3.05) is 18.2 Å². The Hall–Kier alpha value is -2.71. The molecule has 0 radical (unpaired) electrons. The first-order valence-corrected chi connectivity index (χ1v) is 5.66. The normalized spacial score (nSPS) is 11.0. The van der Waals surface area contributed by atoms with E-state index in [9.17, 15) is 13.2 Å². The molecule has 0 spiro atoms. The molecule has 9 heteroatoms. The van der Waals surface area contributed by atoms with E-state index in [-0.39, 0.29) is 23.1 Å². The summed E-state index contributed by atoms with van der Waals surface area (Å²) < 4.78 is 45.4. The van der Waals surface area contributed by atoms with Crippen molar-refractivity contribution in [3.63, 3.8) is 0 Å². The summed E-state index contributed by atoms with van der Waals surface area (Å²) in [6.07, 6.45) is -3.55. The quantitative estimate of drug-likeness (QED) is 0.903. The van der Waals surface area contributed by atoms with Crippen LogP contribution in [0.2, 0.25) is 0 Å². The molecule has 0 aliphatic rings. The van der Waals surface area contributed by atoms with Crippen LogP contribution in [-0.4, -0.2) is 23.4 Å². The number of nitrogen functional groups attached to an aromatic ring is 1. The molecule has 2 aromatic rings. The van der Waals surface area contributed by atoms with Crippen molar-refractivity contribution in [2.24, 2.45) is 0 Å². The number of nitrogens with zero attached hydrogens (tertiary/aromatic N) is 2.